The average Bonchev–Trinajstić information content (AvgIpc) is 3.30. The van der Waals surface area contributed by atoms with Crippen molar-refractivity contribution in [2.45, 2.75) is 45.7 Å². The van der Waals surface area contributed by atoms with Crippen LogP contribution in [0, 0.1) is 31.1 Å². The maximum Gasteiger partial charge on any atom is 0.285 e. The van der Waals surface area contributed by atoms with Gasteiger partial charge in [-0.1, -0.05) is 47.5 Å². The number of amides is 1. The predicted molar refractivity (Wildman–Crippen MR) is 148 cm³/mol. The van der Waals surface area contributed by atoms with Crippen LogP contribution in [-0.4, -0.2) is 26.4 Å². The number of carbonyl (C=O) groups excluding carboxylic acids is 1. The Bertz CT molecular complexity index is 1570. The van der Waals surface area contributed by atoms with E-state index in [-0.39, 0.29) is 30.0 Å². The van der Waals surface area contributed by atoms with Crippen LogP contribution in [0.1, 0.15) is 53.3 Å². The van der Waals surface area contributed by atoms with Gasteiger partial charge in [0.1, 0.15) is 18.2 Å². The van der Waals surface area contributed by atoms with E-state index in [2.05, 4.69) is 11.2 Å². The van der Waals surface area contributed by atoms with Gasteiger partial charge < -0.3 is 0 Å². The number of benzene rings is 2. The molecule has 38 heavy (non-hydrogen) atoms. The van der Waals surface area contributed by atoms with Gasteiger partial charge in [-0.25, -0.2) is 9.69 Å². The van der Waals surface area contributed by atoms with Crippen LogP contribution in [0.2, 0.25) is 10.0 Å². The van der Waals surface area contributed by atoms with Crippen molar-refractivity contribution in [3.63, 3.8) is 0 Å². The molecular formula is C29H25Cl2N5O2. The largest absolute Gasteiger partial charge is 0.285 e. The first kappa shape index (κ1) is 25.9. The lowest BCUT2D eigenvalue weighted by Gasteiger charge is -2.29. The fourth-order valence-electron chi connectivity index (χ4n) is 5.17. The molecule has 192 valence electrons. The number of aromatic nitrogens is 2. The SMILES string of the molecule is Cc1nn(CC(=O)N2N=C3/C(=C\c4ccc(Cl)cc4)CCC[C@@H]3[C@H]2c2ccc(Cl)cc2)c(=O)c(C#N)c1C. The standard InChI is InChI=1S/C29H25Cl2N5O2/c1-17-18(2)33-35(29(38)25(17)15-32)16-26(37)36-28(20-8-12-23(31)13-9-20)24-5-3-4-21(27(24)34-36)14-19-6-10-22(30)11-7-19/h6-14,24,28H,3-5,16H2,1-2H3/b21-14-/t24-,28+/m0/s1. The highest BCUT2D eigenvalue weighted by Crippen LogP contribution is 2.44. The van der Waals surface area contributed by atoms with Crippen molar-refractivity contribution >= 4 is 40.9 Å². The topological polar surface area (TPSA) is 91.3 Å². The van der Waals surface area contributed by atoms with E-state index >= 15 is 0 Å². The number of halogens is 2. The molecule has 0 N–H and O–H groups in total. The molecule has 1 aliphatic heterocycles. The van der Waals surface area contributed by atoms with E-state index in [0.29, 0.717) is 21.3 Å². The van der Waals surface area contributed by atoms with Gasteiger partial charge >= 0.3 is 0 Å². The number of nitriles is 1. The zero-order valence-electron chi connectivity index (χ0n) is 21.0. The van der Waals surface area contributed by atoms with E-state index in [1.807, 2.05) is 42.5 Å². The number of hydrogen-bond donors (Lipinski definition) is 0. The lowest BCUT2D eigenvalue weighted by atomic mass is 9.77. The van der Waals surface area contributed by atoms with E-state index in [1.54, 1.807) is 26.0 Å². The smallest absolute Gasteiger partial charge is 0.271 e. The zero-order chi connectivity index (χ0) is 27.0. The Kier molecular flexibility index (Phi) is 7.20. The number of hydrogen-bond acceptors (Lipinski definition) is 5. The molecule has 1 amide bonds. The number of rotatable bonds is 4. The van der Waals surface area contributed by atoms with Crippen LogP contribution in [-0.2, 0) is 11.3 Å². The van der Waals surface area contributed by atoms with Gasteiger partial charge in [-0.3, -0.25) is 9.59 Å². The number of allylic oxidation sites excluding steroid dienone is 1. The Labute approximate surface area is 230 Å². The molecule has 2 aliphatic rings. The molecule has 5 rings (SSSR count). The van der Waals surface area contributed by atoms with Crippen LogP contribution in [0.15, 0.2) is 64.0 Å². The Balaban J connectivity index is 1.55. The van der Waals surface area contributed by atoms with Gasteiger partial charge in [-0.2, -0.15) is 15.5 Å². The second-order valence-electron chi connectivity index (χ2n) is 9.60. The van der Waals surface area contributed by atoms with Crippen molar-refractivity contribution in [1.82, 2.24) is 14.8 Å². The fraction of sp³-hybridized carbons (Fsp3) is 0.276. The van der Waals surface area contributed by atoms with Crippen LogP contribution in [0.4, 0.5) is 0 Å². The van der Waals surface area contributed by atoms with Gasteiger partial charge in [0.15, 0.2) is 0 Å². The lowest BCUT2D eigenvalue weighted by molar-refractivity contribution is -0.134. The minimum atomic E-state index is -0.584. The van der Waals surface area contributed by atoms with Gasteiger partial charge in [-0.15, -0.1) is 0 Å². The Morgan fingerprint density at radius 3 is 2.42 bits per heavy atom. The quantitative estimate of drug-likeness (QED) is 0.410. The van der Waals surface area contributed by atoms with E-state index in [9.17, 15) is 14.9 Å². The van der Waals surface area contributed by atoms with Crippen LogP contribution < -0.4 is 5.56 Å². The maximum absolute atomic E-state index is 13.7. The Hall–Kier alpha value is -3.73. The molecule has 0 radical (unpaired) electrons. The molecule has 9 heteroatoms. The van der Waals surface area contributed by atoms with Crippen LogP contribution >= 0.6 is 23.2 Å². The minimum absolute atomic E-state index is 0.00543. The summed E-state index contributed by atoms with van der Waals surface area (Å²) in [7, 11) is 0. The van der Waals surface area contributed by atoms with E-state index in [4.69, 9.17) is 28.3 Å². The molecule has 1 aromatic heterocycles. The first-order chi connectivity index (χ1) is 18.3. The van der Waals surface area contributed by atoms with Crippen molar-refractivity contribution < 1.29 is 4.79 Å². The van der Waals surface area contributed by atoms with Crippen LogP contribution in [0.5, 0.6) is 0 Å². The Morgan fingerprint density at radius 2 is 1.76 bits per heavy atom. The summed E-state index contributed by atoms with van der Waals surface area (Å²) in [5.41, 5.74) is 4.33. The average molecular weight is 546 g/mol. The lowest BCUT2D eigenvalue weighted by Crippen LogP contribution is -2.38. The molecule has 7 nitrogen and oxygen atoms in total. The molecule has 2 heterocycles. The summed E-state index contributed by atoms with van der Waals surface area (Å²) in [6.07, 6.45) is 4.77. The molecular weight excluding hydrogens is 521 g/mol. The van der Waals surface area contributed by atoms with E-state index in [1.165, 1.54) is 5.01 Å². The third-order valence-electron chi connectivity index (χ3n) is 7.21. The maximum atomic E-state index is 13.7. The minimum Gasteiger partial charge on any atom is -0.271 e. The van der Waals surface area contributed by atoms with Crippen molar-refractivity contribution in [3.05, 3.63) is 102 Å². The summed E-state index contributed by atoms with van der Waals surface area (Å²) in [6, 6.07) is 16.6. The molecule has 0 bridgehead atoms. The third kappa shape index (κ3) is 4.90. The summed E-state index contributed by atoms with van der Waals surface area (Å²) in [5, 5.41) is 21.4. The van der Waals surface area contributed by atoms with Crippen LogP contribution in [0.3, 0.4) is 0 Å². The second-order valence-corrected chi connectivity index (χ2v) is 10.5. The van der Waals surface area contributed by atoms with Gasteiger partial charge in [0, 0.05) is 16.0 Å². The number of aryl methyl sites for hydroxylation is 1. The Morgan fingerprint density at radius 1 is 1.11 bits per heavy atom. The summed E-state index contributed by atoms with van der Waals surface area (Å²) >= 11 is 12.2. The highest BCUT2D eigenvalue weighted by atomic mass is 35.5. The van der Waals surface area contributed by atoms with Crippen molar-refractivity contribution in [3.8, 4) is 6.07 Å². The molecule has 2 aromatic carbocycles. The third-order valence-corrected chi connectivity index (χ3v) is 7.72. The summed E-state index contributed by atoms with van der Waals surface area (Å²) < 4.78 is 1.06. The number of hydrazone groups is 1. The second kappa shape index (κ2) is 10.6. The predicted octanol–water partition coefficient (Wildman–Crippen LogP) is 5.86. The van der Waals surface area contributed by atoms with E-state index < -0.39 is 5.56 Å². The molecule has 0 unspecified atom stereocenters. The van der Waals surface area contributed by atoms with E-state index in [0.717, 1.165) is 46.4 Å². The number of fused-ring (bicyclic) bond motifs is 1. The first-order valence-electron chi connectivity index (χ1n) is 12.4. The first-order valence-corrected chi connectivity index (χ1v) is 13.1. The summed E-state index contributed by atoms with van der Waals surface area (Å²) in [5.74, 6) is -0.383. The highest BCUT2D eigenvalue weighted by Gasteiger charge is 2.43. The molecule has 2 atom stereocenters. The normalized spacial score (nSPS) is 19.7. The van der Waals surface area contributed by atoms with Crippen molar-refractivity contribution in [1.29, 1.82) is 5.26 Å². The number of nitrogens with zero attached hydrogens (tertiary/aromatic N) is 5. The molecule has 0 spiro atoms. The molecule has 1 aliphatic carbocycles. The fourth-order valence-corrected chi connectivity index (χ4v) is 5.42. The molecule has 0 saturated heterocycles. The summed E-state index contributed by atoms with van der Waals surface area (Å²) in [4.78, 5) is 26.6. The number of carbonyl (C=O) groups is 1. The molecule has 1 fully saturated rings. The monoisotopic (exact) mass is 545 g/mol. The zero-order valence-corrected chi connectivity index (χ0v) is 22.5. The van der Waals surface area contributed by atoms with Crippen LogP contribution in [0.25, 0.3) is 6.08 Å². The van der Waals surface area contributed by atoms with Gasteiger partial charge in [-0.05, 0) is 85.7 Å². The highest BCUT2D eigenvalue weighted by molar-refractivity contribution is 6.30. The van der Waals surface area contributed by atoms with Gasteiger partial charge in [0.2, 0.25) is 0 Å². The van der Waals surface area contributed by atoms with Crippen molar-refractivity contribution in [2.75, 3.05) is 0 Å². The molecule has 3 aromatic rings. The van der Waals surface area contributed by atoms with Crippen molar-refractivity contribution in [2.24, 2.45) is 11.0 Å². The summed E-state index contributed by atoms with van der Waals surface area (Å²) in [6.45, 7) is 3.07. The van der Waals surface area contributed by atoms with Gasteiger partial charge in [0.25, 0.3) is 11.5 Å². The van der Waals surface area contributed by atoms with Gasteiger partial charge in [0.05, 0.1) is 17.4 Å². The molecule has 1 saturated carbocycles.